The molecule has 3 fully saturated rings. The van der Waals surface area contributed by atoms with Crippen LogP contribution in [0.4, 0.5) is 0 Å². The predicted octanol–water partition coefficient (Wildman–Crippen LogP) is 4.42. The number of carbonyl (C=O) groups excluding carboxylic acids is 1. The van der Waals surface area contributed by atoms with Crippen LogP contribution in [0.5, 0.6) is 11.5 Å². The van der Waals surface area contributed by atoms with Gasteiger partial charge in [0.25, 0.3) is 0 Å². The molecule has 1 saturated heterocycles. The van der Waals surface area contributed by atoms with Gasteiger partial charge in [0.15, 0.2) is 11.5 Å². The fraction of sp³-hybridized carbons (Fsp3) is 0.594. The number of hydrogen-bond donors (Lipinski definition) is 1. The zero-order valence-electron chi connectivity index (χ0n) is 23.3. The molecule has 7 heteroatoms. The van der Waals surface area contributed by atoms with E-state index >= 15 is 0 Å². The average molecular weight is 533 g/mol. The van der Waals surface area contributed by atoms with E-state index in [1.54, 1.807) is 25.7 Å². The first-order valence-corrected chi connectivity index (χ1v) is 14.7. The van der Waals surface area contributed by atoms with Crippen molar-refractivity contribution in [1.82, 2.24) is 9.80 Å². The molecule has 2 bridgehead atoms. The van der Waals surface area contributed by atoms with Crippen molar-refractivity contribution >= 4 is 12.0 Å². The van der Waals surface area contributed by atoms with Crippen molar-refractivity contribution < 1.29 is 23.8 Å². The summed E-state index contributed by atoms with van der Waals surface area (Å²) in [5.74, 6) is 2.54. The third kappa shape index (κ3) is 3.72. The average Bonchev–Trinajstić information content (AvgIpc) is 3.43. The van der Waals surface area contributed by atoms with Gasteiger partial charge < -0.3 is 23.9 Å². The number of hydrogen-bond acceptors (Lipinski definition) is 6. The standard InChI is InChI=1S/C32H40N2O5/c1-20(2)17-34(27(35)9-6-22-11-15-38-19-22)24-10-12-32(36)26-16-23-7-8-25(37-3)29-28(23)31(32,30(24)39-29)13-14-33(26)18-21-4-5-21/h6-9,11,15,19-21,24,26,30,36H,4-5,10,12-14,16-18H2,1-3H3/b9-6+/t24-,26-,30+,31+,32-/m1/s1. The van der Waals surface area contributed by atoms with Gasteiger partial charge >= 0.3 is 0 Å². The number of nitrogens with zero attached hydrogens (tertiary/aromatic N) is 2. The number of piperidine rings is 1. The predicted molar refractivity (Wildman–Crippen MR) is 148 cm³/mol. The van der Waals surface area contributed by atoms with Crippen LogP contribution in [0, 0.1) is 11.8 Å². The number of benzene rings is 1. The zero-order valence-corrected chi connectivity index (χ0v) is 23.3. The molecule has 0 radical (unpaired) electrons. The number of likely N-dealkylation sites (tertiary alicyclic amines) is 1. The second-order valence-electron chi connectivity index (χ2n) is 12.9. The molecule has 1 aromatic heterocycles. The molecule has 1 aromatic carbocycles. The first-order valence-electron chi connectivity index (χ1n) is 14.7. The van der Waals surface area contributed by atoms with Gasteiger partial charge in [0.05, 0.1) is 36.7 Å². The van der Waals surface area contributed by atoms with E-state index in [0.717, 1.165) is 54.5 Å². The molecule has 7 rings (SSSR count). The van der Waals surface area contributed by atoms with Gasteiger partial charge in [-0.3, -0.25) is 9.69 Å². The van der Waals surface area contributed by atoms with Crippen LogP contribution < -0.4 is 9.47 Å². The van der Waals surface area contributed by atoms with Crippen molar-refractivity contribution in [2.45, 2.75) is 81.6 Å². The number of rotatable bonds is 8. The fourth-order valence-electron chi connectivity index (χ4n) is 8.34. The first-order chi connectivity index (χ1) is 18.9. The van der Waals surface area contributed by atoms with Gasteiger partial charge in [0, 0.05) is 36.3 Å². The number of furan rings is 1. The van der Waals surface area contributed by atoms with Crippen molar-refractivity contribution in [3.63, 3.8) is 0 Å². The van der Waals surface area contributed by atoms with Gasteiger partial charge in [-0.15, -0.1) is 0 Å². The molecule has 2 aliphatic heterocycles. The summed E-state index contributed by atoms with van der Waals surface area (Å²) in [5.41, 5.74) is 1.83. The van der Waals surface area contributed by atoms with E-state index in [0.29, 0.717) is 25.3 Å². The van der Waals surface area contributed by atoms with Gasteiger partial charge in [-0.25, -0.2) is 0 Å². The molecule has 2 saturated carbocycles. The van der Waals surface area contributed by atoms with Gasteiger partial charge in [-0.2, -0.15) is 0 Å². The molecule has 1 N–H and O–H groups in total. The lowest BCUT2D eigenvalue weighted by Gasteiger charge is -2.65. The lowest BCUT2D eigenvalue weighted by Crippen LogP contribution is -2.78. The third-order valence-corrected chi connectivity index (χ3v) is 10.1. The molecule has 39 heavy (non-hydrogen) atoms. The number of amides is 1. The van der Waals surface area contributed by atoms with Crippen molar-refractivity contribution in [3.05, 3.63) is 53.5 Å². The van der Waals surface area contributed by atoms with E-state index in [4.69, 9.17) is 13.9 Å². The Hall–Kier alpha value is -2.77. The largest absolute Gasteiger partial charge is 0.493 e. The highest BCUT2D eigenvalue weighted by molar-refractivity contribution is 5.92. The van der Waals surface area contributed by atoms with Crippen LogP contribution >= 0.6 is 0 Å². The molecular weight excluding hydrogens is 492 g/mol. The van der Waals surface area contributed by atoms with Crippen LogP contribution in [-0.4, -0.2) is 71.3 Å². The van der Waals surface area contributed by atoms with E-state index in [9.17, 15) is 9.90 Å². The third-order valence-electron chi connectivity index (χ3n) is 10.1. The molecule has 208 valence electrons. The molecule has 1 amide bonds. The maximum atomic E-state index is 13.8. The lowest BCUT2D eigenvalue weighted by molar-refractivity contribution is -0.201. The molecule has 3 heterocycles. The Labute approximate surface area is 230 Å². The summed E-state index contributed by atoms with van der Waals surface area (Å²) in [6.45, 7) is 6.95. The van der Waals surface area contributed by atoms with E-state index < -0.39 is 11.0 Å². The highest BCUT2D eigenvalue weighted by Crippen LogP contribution is 2.66. The molecule has 3 aliphatic carbocycles. The minimum atomic E-state index is -0.898. The second kappa shape index (κ2) is 9.13. The summed E-state index contributed by atoms with van der Waals surface area (Å²) in [7, 11) is 1.68. The fourth-order valence-corrected chi connectivity index (χ4v) is 8.34. The van der Waals surface area contributed by atoms with Crippen LogP contribution in [0.15, 0.2) is 41.2 Å². The topological polar surface area (TPSA) is 75.4 Å². The second-order valence-corrected chi connectivity index (χ2v) is 12.9. The zero-order chi connectivity index (χ0) is 26.9. The summed E-state index contributed by atoms with van der Waals surface area (Å²) in [5, 5.41) is 12.8. The minimum absolute atomic E-state index is 0.0259. The quantitative estimate of drug-likeness (QED) is 0.508. The van der Waals surface area contributed by atoms with Crippen LogP contribution in [0.1, 0.15) is 62.6 Å². The van der Waals surface area contributed by atoms with Gasteiger partial charge in [-0.1, -0.05) is 19.9 Å². The van der Waals surface area contributed by atoms with E-state index in [1.165, 1.54) is 18.4 Å². The molecule has 1 spiro atoms. The Balaban J connectivity index is 1.31. The summed E-state index contributed by atoms with van der Waals surface area (Å²) >= 11 is 0. The highest BCUT2D eigenvalue weighted by atomic mass is 16.5. The summed E-state index contributed by atoms with van der Waals surface area (Å²) in [4.78, 5) is 18.4. The minimum Gasteiger partial charge on any atom is -0.493 e. The van der Waals surface area contributed by atoms with Crippen LogP contribution in [0.25, 0.3) is 6.08 Å². The smallest absolute Gasteiger partial charge is 0.246 e. The number of ether oxygens (including phenoxy) is 2. The van der Waals surface area contributed by atoms with Crippen molar-refractivity contribution in [3.8, 4) is 11.5 Å². The van der Waals surface area contributed by atoms with Crippen molar-refractivity contribution in [2.24, 2.45) is 11.8 Å². The Morgan fingerprint density at radius 1 is 1.26 bits per heavy atom. The molecule has 7 nitrogen and oxygen atoms in total. The Morgan fingerprint density at radius 3 is 2.82 bits per heavy atom. The maximum Gasteiger partial charge on any atom is 0.246 e. The summed E-state index contributed by atoms with van der Waals surface area (Å²) < 4.78 is 17.9. The Bertz CT molecular complexity index is 1280. The molecule has 5 atom stereocenters. The van der Waals surface area contributed by atoms with Crippen LogP contribution in [-0.2, 0) is 16.6 Å². The summed E-state index contributed by atoms with van der Waals surface area (Å²) in [6.07, 6.45) is 12.0. The SMILES string of the molecule is COc1ccc2c3c1O[C@H]1[C@H](N(CC(C)C)C(=O)/C=C/c4ccoc4)CC[C@@]4(O)[C@@H](C2)N(CC2CC2)CC[C@]314. The lowest BCUT2D eigenvalue weighted by atomic mass is 9.48. The van der Waals surface area contributed by atoms with E-state index in [2.05, 4.69) is 24.8 Å². The Kier molecular flexibility index (Phi) is 5.90. The number of aliphatic hydroxyl groups is 1. The molecule has 5 aliphatic rings. The van der Waals surface area contributed by atoms with E-state index in [-0.39, 0.29) is 24.1 Å². The van der Waals surface area contributed by atoms with Crippen molar-refractivity contribution in [1.29, 1.82) is 0 Å². The monoisotopic (exact) mass is 532 g/mol. The van der Waals surface area contributed by atoms with Gasteiger partial charge in [-0.05, 0) is 80.7 Å². The highest BCUT2D eigenvalue weighted by Gasteiger charge is 2.73. The van der Waals surface area contributed by atoms with Crippen LogP contribution in [0.2, 0.25) is 0 Å². The first kappa shape index (κ1) is 25.2. The number of methoxy groups -OCH3 is 1. The van der Waals surface area contributed by atoms with Gasteiger partial charge in [0.2, 0.25) is 5.91 Å². The van der Waals surface area contributed by atoms with Crippen molar-refractivity contribution in [2.75, 3.05) is 26.7 Å². The molecule has 2 aromatic rings. The molecule has 0 unspecified atom stereocenters. The van der Waals surface area contributed by atoms with E-state index in [1.807, 2.05) is 23.1 Å². The van der Waals surface area contributed by atoms with Gasteiger partial charge in [0.1, 0.15) is 6.10 Å². The molecular formula is C32H40N2O5. The maximum absolute atomic E-state index is 13.8. The van der Waals surface area contributed by atoms with Crippen LogP contribution in [0.3, 0.4) is 0 Å². The summed E-state index contributed by atoms with van der Waals surface area (Å²) in [6, 6.07) is 5.98. The Morgan fingerprint density at radius 2 is 2.10 bits per heavy atom. The normalized spacial score (nSPS) is 32.8. The number of carbonyl (C=O) groups is 1.